The summed E-state index contributed by atoms with van der Waals surface area (Å²) in [5.74, 6) is 0.568. The van der Waals surface area contributed by atoms with Crippen LogP contribution in [0.15, 0.2) is 29.3 Å². The highest BCUT2D eigenvalue weighted by Gasteiger charge is 2.32. The van der Waals surface area contributed by atoms with Crippen molar-refractivity contribution in [2.45, 2.75) is 33.0 Å². The van der Waals surface area contributed by atoms with E-state index in [4.69, 9.17) is 0 Å². The van der Waals surface area contributed by atoms with Gasteiger partial charge in [-0.2, -0.15) is 17.7 Å². The van der Waals surface area contributed by atoms with Gasteiger partial charge >= 0.3 is 6.18 Å². The van der Waals surface area contributed by atoms with Gasteiger partial charge in [0.15, 0.2) is 11.5 Å². The van der Waals surface area contributed by atoms with Gasteiger partial charge in [0.05, 0.1) is 5.56 Å². The summed E-state index contributed by atoms with van der Waals surface area (Å²) in [5.41, 5.74) is 2.25. The number of anilines is 1. The molecular formula is C18H16F3N5O. The lowest BCUT2D eigenvalue weighted by molar-refractivity contribution is -0.137. The van der Waals surface area contributed by atoms with Gasteiger partial charge in [-0.05, 0) is 25.5 Å². The summed E-state index contributed by atoms with van der Waals surface area (Å²) in [7, 11) is 0. The third-order valence-corrected chi connectivity index (χ3v) is 4.92. The molecule has 6 nitrogen and oxygen atoms in total. The van der Waals surface area contributed by atoms with E-state index in [0.29, 0.717) is 35.7 Å². The Balaban J connectivity index is 1.79. The number of hydrogen-bond acceptors (Lipinski definition) is 5. The van der Waals surface area contributed by atoms with E-state index in [1.807, 2.05) is 18.7 Å². The standard InChI is InChI=1S/C18H16F3N5O/c1-10-11(2)17(24-26-15(27)3-5-22-16(10)26)25-6-4-14-12(9-25)7-13(8-23-14)18(19,20)21/h3,5,7-8H,4,6,9H2,1-2H3. The summed E-state index contributed by atoms with van der Waals surface area (Å²) in [5, 5.41) is 4.43. The quantitative estimate of drug-likeness (QED) is 0.654. The van der Waals surface area contributed by atoms with Gasteiger partial charge in [0.2, 0.25) is 0 Å². The van der Waals surface area contributed by atoms with Gasteiger partial charge in [0.25, 0.3) is 5.56 Å². The van der Waals surface area contributed by atoms with Crippen molar-refractivity contribution in [3.8, 4) is 0 Å². The molecule has 0 radical (unpaired) electrons. The van der Waals surface area contributed by atoms with E-state index >= 15 is 0 Å². The number of aromatic nitrogens is 4. The fourth-order valence-corrected chi connectivity index (χ4v) is 3.32. The molecule has 1 aliphatic rings. The summed E-state index contributed by atoms with van der Waals surface area (Å²) in [6.07, 6.45) is -1.61. The number of aryl methyl sites for hydroxylation is 1. The SMILES string of the molecule is Cc1c(N2CCc3ncc(C(F)(F)F)cc3C2)nn2c(=O)ccnc2c1C. The first kappa shape index (κ1) is 17.4. The van der Waals surface area contributed by atoms with E-state index in [1.54, 1.807) is 0 Å². The largest absolute Gasteiger partial charge is 0.417 e. The van der Waals surface area contributed by atoms with Crippen molar-refractivity contribution in [1.82, 2.24) is 19.6 Å². The Labute approximate surface area is 152 Å². The minimum atomic E-state index is -4.43. The van der Waals surface area contributed by atoms with Gasteiger partial charge in [0.1, 0.15) is 0 Å². The molecule has 3 aromatic rings. The Morgan fingerprint density at radius 1 is 1.15 bits per heavy atom. The lowest BCUT2D eigenvalue weighted by atomic mass is 10.0. The first-order chi connectivity index (χ1) is 12.8. The van der Waals surface area contributed by atoms with Gasteiger partial charge in [-0.1, -0.05) is 0 Å². The molecule has 0 bridgehead atoms. The zero-order chi connectivity index (χ0) is 19.3. The van der Waals surface area contributed by atoms with Crippen LogP contribution in [0.4, 0.5) is 19.0 Å². The highest BCUT2D eigenvalue weighted by Crippen LogP contribution is 2.32. The minimum absolute atomic E-state index is 0.250. The predicted octanol–water partition coefficient (Wildman–Crippen LogP) is 2.68. The molecule has 27 heavy (non-hydrogen) atoms. The van der Waals surface area contributed by atoms with Crippen molar-refractivity contribution >= 4 is 11.5 Å². The van der Waals surface area contributed by atoms with Crippen molar-refractivity contribution in [3.05, 3.63) is 62.8 Å². The molecule has 3 aromatic heterocycles. The molecule has 9 heteroatoms. The van der Waals surface area contributed by atoms with E-state index in [0.717, 1.165) is 23.4 Å². The number of rotatable bonds is 1. The van der Waals surface area contributed by atoms with E-state index in [1.165, 1.54) is 16.8 Å². The minimum Gasteiger partial charge on any atom is -0.350 e. The Morgan fingerprint density at radius 3 is 2.67 bits per heavy atom. The zero-order valence-corrected chi connectivity index (χ0v) is 14.7. The van der Waals surface area contributed by atoms with E-state index in [9.17, 15) is 18.0 Å². The van der Waals surface area contributed by atoms with Crippen molar-refractivity contribution in [1.29, 1.82) is 0 Å². The van der Waals surface area contributed by atoms with Gasteiger partial charge in [0, 0.05) is 54.8 Å². The summed E-state index contributed by atoms with van der Waals surface area (Å²) in [6.45, 7) is 4.53. The fraction of sp³-hybridized carbons (Fsp3) is 0.333. The van der Waals surface area contributed by atoms with E-state index in [2.05, 4.69) is 15.1 Å². The highest BCUT2D eigenvalue weighted by molar-refractivity contribution is 5.59. The normalized spacial score (nSPS) is 14.5. The van der Waals surface area contributed by atoms with Gasteiger partial charge in [-0.3, -0.25) is 9.78 Å². The second-order valence-electron chi connectivity index (χ2n) is 6.59. The third kappa shape index (κ3) is 2.92. The molecule has 0 saturated heterocycles. The number of alkyl halides is 3. The maximum atomic E-state index is 13.0. The second kappa shape index (κ2) is 6.04. The van der Waals surface area contributed by atoms with E-state index in [-0.39, 0.29) is 12.1 Å². The van der Waals surface area contributed by atoms with Crippen LogP contribution >= 0.6 is 0 Å². The molecule has 0 unspecified atom stereocenters. The number of hydrogen-bond donors (Lipinski definition) is 0. The lowest BCUT2D eigenvalue weighted by Gasteiger charge is -2.31. The van der Waals surface area contributed by atoms with Crippen LogP contribution in [0.2, 0.25) is 0 Å². The highest BCUT2D eigenvalue weighted by atomic mass is 19.4. The van der Waals surface area contributed by atoms with Crippen LogP contribution in [0.25, 0.3) is 5.65 Å². The molecule has 0 N–H and O–H groups in total. The van der Waals surface area contributed by atoms with Gasteiger partial charge in [-0.25, -0.2) is 4.98 Å². The van der Waals surface area contributed by atoms with Crippen LogP contribution in [0.3, 0.4) is 0 Å². The molecule has 0 aromatic carbocycles. The Morgan fingerprint density at radius 2 is 1.93 bits per heavy atom. The van der Waals surface area contributed by atoms with Crippen LogP contribution in [-0.2, 0) is 19.1 Å². The number of fused-ring (bicyclic) bond motifs is 2. The molecule has 0 fully saturated rings. The Hall–Kier alpha value is -2.97. The number of halogens is 3. The van der Waals surface area contributed by atoms with Crippen LogP contribution in [0, 0.1) is 13.8 Å². The molecule has 140 valence electrons. The molecule has 1 aliphatic heterocycles. The summed E-state index contributed by atoms with van der Waals surface area (Å²) in [6, 6.07) is 2.47. The topological polar surface area (TPSA) is 63.4 Å². The van der Waals surface area contributed by atoms with Crippen LogP contribution in [-0.4, -0.2) is 26.1 Å². The third-order valence-electron chi connectivity index (χ3n) is 4.92. The lowest BCUT2D eigenvalue weighted by Crippen LogP contribution is -2.34. The van der Waals surface area contributed by atoms with Crippen molar-refractivity contribution < 1.29 is 13.2 Å². The zero-order valence-electron chi connectivity index (χ0n) is 14.7. The van der Waals surface area contributed by atoms with Crippen molar-refractivity contribution in [2.24, 2.45) is 0 Å². The Bertz CT molecular complexity index is 1110. The molecule has 0 atom stereocenters. The summed E-state index contributed by atoms with van der Waals surface area (Å²) >= 11 is 0. The molecular weight excluding hydrogens is 359 g/mol. The first-order valence-electron chi connectivity index (χ1n) is 8.41. The second-order valence-corrected chi connectivity index (χ2v) is 6.59. The maximum Gasteiger partial charge on any atom is 0.417 e. The smallest absolute Gasteiger partial charge is 0.350 e. The average molecular weight is 375 g/mol. The maximum absolute atomic E-state index is 13.0. The monoisotopic (exact) mass is 375 g/mol. The summed E-state index contributed by atoms with van der Waals surface area (Å²) < 4.78 is 40.2. The van der Waals surface area contributed by atoms with Crippen LogP contribution < -0.4 is 10.5 Å². The molecule has 0 spiro atoms. The van der Waals surface area contributed by atoms with E-state index < -0.39 is 11.7 Å². The number of nitrogens with zero attached hydrogens (tertiary/aromatic N) is 5. The fourth-order valence-electron chi connectivity index (χ4n) is 3.32. The summed E-state index contributed by atoms with van der Waals surface area (Å²) in [4.78, 5) is 22.2. The molecule has 4 heterocycles. The number of pyridine rings is 1. The van der Waals surface area contributed by atoms with Crippen molar-refractivity contribution in [3.63, 3.8) is 0 Å². The molecule has 4 rings (SSSR count). The first-order valence-corrected chi connectivity index (χ1v) is 8.41. The van der Waals surface area contributed by atoms with Gasteiger partial charge in [-0.15, -0.1) is 5.10 Å². The Kier molecular flexibility index (Phi) is 3.90. The van der Waals surface area contributed by atoms with Crippen molar-refractivity contribution in [2.75, 3.05) is 11.4 Å². The van der Waals surface area contributed by atoms with Gasteiger partial charge < -0.3 is 4.90 Å². The molecule has 0 aliphatic carbocycles. The van der Waals surface area contributed by atoms with Crippen LogP contribution in [0.1, 0.15) is 27.9 Å². The predicted molar refractivity (Wildman–Crippen MR) is 92.7 cm³/mol. The average Bonchev–Trinajstić information content (AvgIpc) is 2.63. The molecule has 0 amide bonds. The molecule has 0 saturated carbocycles. The van der Waals surface area contributed by atoms with Crippen LogP contribution in [0.5, 0.6) is 0 Å².